The second-order valence-electron chi connectivity index (χ2n) is 5.92. The summed E-state index contributed by atoms with van der Waals surface area (Å²) in [5.41, 5.74) is 1.41. The molecule has 1 aliphatic heterocycles. The molecule has 0 aliphatic carbocycles. The van der Waals surface area contributed by atoms with Crippen molar-refractivity contribution in [3.63, 3.8) is 0 Å². The van der Waals surface area contributed by atoms with Gasteiger partial charge in [0.25, 0.3) is 11.1 Å². The highest BCUT2D eigenvalue weighted by molar-refractivity contribution is 9.10. The van der Waals surface area contributed by atoms with Crippen molar-refractivity contribution in [2.75, 3.05) is 19.0 Å². The number of imide groups is 1. The highest BCUT2D eigenvalue weighted by atomic mass is 79.9. The number of rotatable bonds is 6. The minimum atomic E-state index is -0.394. The number of methoxy groups -OCH3 is 1. The molecule has 0 atom stereocenters. The normalized spacial score (nSPS) is 15.2. The second-order valence-corrected chi connectivity index (χ2v) is 7.82. The standard InChI is InChI=1S/C20H17BrN2O4S/c1-27-16-4-2-3-13(11-16)12-17-19(25)23(20(26)28-17)10-9-18(24)22-15-7-5-14(21)6-8-15/h2-8,11-12H,9-10H2,1H3,(H,22,24). The minimum Gasteiger partial charge on any atom is -0.497 e. The summed E-state index contributed by atoms with van der Waals surface area (Å²) in [6, 6.07) is 14.4. The largest absolute Gasteiger partial charge is 0.497 e. The molecule has 3 amide bonds. The molecular weight excluding hydrogens is 444 g/mol. The highest BCUT2D eigenvalue weighted by Gasteiger charge is 2.35. The van der Waals surface area contributed by atoms with Crippen molar-refractivity contribution in [1.82, 2.24) is 4.90 Å². The third-order valence-electron chi connectivity index (χ3n) is 3.96. The number of carbonyl (C=O) groups is 3. The van der Waals surface area contributed by atoms with E-state index in [1.165, 1.54) is 0 Å². The Bertz CT molecular complexity index is 943. The first-order valence-corrected chi connectivity index (χ1v) is 10.0. The van der Waals surface area contributed by atoms with Crippen LogP contribution < -0.4 is 10.1 Å². The molecule has 0 saturated carbocycles. The molecular formula is C20H17BrN2O4S. The van der Waals surface area contributed by atoms with Crippen LogP contribution in [0.1, 0.15) is 12.0 Å². The van der Waals surface area contributed by atoms with Gasteiger partial charge in [-0.05, 0) is 59.8 Å². The molecule has 6 nitrogen and oxygen atoms in total. The highest BCUT2D eigenvalue weighted by Crippen LogP contribution is 2.32. The zero-order valence-electron chi connectivity index (χ0n) is 15.0. The molecule has 3 rings (SSSR count). The SMILES string of the molecule is COc1cccc(C=C2SC(=O)N(CCC(=O)Nc3ccc(Br)cc3)C2=O)c1. The van der Waals surface area contributed by atoms with Gasteiger partial charge in [0.15, 0.2) is 0 Å². The zero-order valence-corrected chi connectivity index (χ0v) is 17.4. The maximum Gasteiger partial charge on any atom is 0.293 e. The van der Waals surface area contributed by atoms with Crippen LogP contribution in [0.4, 0.5) is 10.5 Å². The average molecular weight is 461 g/mol. The lowest BCUT2D eigenvalue weighted by atomic mass is 10.2. The van der Waals surface area contributed by atoms with E-state index in [0.717, 1.165) is 26.7 Å². The van der Waals surface area contributed by atoms with Crippen LogP contribution in [0.15, 0.2) is 57.9 Å². The van der Waals surface area contributed by atoms with Gasteiger partial charge in [0.05, 0.1) is 12.0 Å². The number of anilines is 1. The predicted molar refractivity (Wildman–Crippen MR) is 113 cm³/mol. The topological polar surface area (TPSA) is 75.7 Å². The first kappa shape index (κ1) is 20.2. The maximum atomic E-state index is 12.5. The van der Waals surface area contributed by atoms with E-state index in [4.69, 9.17) is 4.74 Å². The van der Waals surface area contributed by atoms with Gasteiger partial charge in [0.2, 0.25) is 5.91 Å². The van der Waals surface area contributed by atoms with E-state index in [1.807, 2.05) is 18.2 Å². The van der Waals surface area contributed by atoms with Gasteiger partial charge in [-0.2, -0.15) is 0 Å². The van der Waals surface area contributed by atoms with Gasteiger partial charge >= 0.3 is 0 Å². The quantitative estimate of drug-likeness (QED) is 0.641. The molecule has 1 saturated heterocycles. The Balaban J connectivity index is 1.61. The van der Waals surface area contributed by atoms with Crippen molar-refractivity contribution in [2.24, 2.45) is 0 Å². The van der Waals surface area contributed by atoms with Crippen molar-refractivity contribution in [1.29, 1.82) is 0 Å². The first-order chi connectivity index (χ1) is 13.5. The summed E-state index contributed by atoms with van der Waals surface area (Å²) in [4.78, 5) is 38.2. The number of benzene rings is 2. The summed E-state index contributed by atoms with van der Waals surface area (Å²) in [5, 5.41) is 2.36. The lowest BCUT2D eigenvalue weighted by molar-refractivity contribution is -0.123. The van der Waals surface area contributed by atoms with E-state index in [0.29, 0.717) is 16.3 Å². The minimum absolute atomic E-state index is 0.0283. The van der Waals surface area contributed by atoms with Gasteiger partial charge < -0.3 is 10.1 Å². The Labute approximate surface area is 175 Å². The number of carbonyl (C=O) groups excluding carboxylic acids is 3. The van der Waals surface area contributed by atoms with Crippen LogP contribution in [0.5, 0.6) is 5.75 Å². The molecule has 1 aliphatic rings. The van der Waals surface area contributed by atoms with Crippen LogP contribution in [0, 0.1) is 0 Å². The number of halogens is 1. The van der Waals surface area contributed by atoms with E-state index in [2.05, 4.69) is 21.2 Å². The van der Waals surface area contributed by atoms with Crippen LogP contribution in [0.3, 0.4) is 0 Å². The van der Waals surface area contributed by atoms with Crippen LogP contribution in [-0.4, -0.2) is 35.6 Å². The van der Waals surface area contributed by atoms with Crippen molar-refractivity contribution in [3.05, 3.63) is 63.5 Å². The average Bonchev–Trinajstić information content (AvgIpc) is 2.95. The third-order valence-corrected chi connectivity index (χ3v) is 5.39. The second kappa shape index (κ2) is 9.07. The van der Waals surface area contributed by atoms with Gasteiger partial charge in [-0.25, -0.2) is 0 Å². The molecule has 1 fully saturated rings. The zero-order chi connectivity index (χ0) is 20.1. The number of ether oxygens (including phenoxy) is 1. The molecule has 28 heavy (non-hydrogen) atoms. The Morgan fingerprint density at radius 1 is 1.21 bits per heavy atom. The fourth-order valence-corrected chi connectivity index (χ4v) is 3.67. The van der Waals surface area contributed by atoms with Crippen molar-refractivity contribution in [2.45, 2.75) is 6.42 Å². The van der Waals surface area contributed by atoms with Gasteiger partial charge in [0.1, 0.15) is 5.75 Å². The van der Waals surface area contributed by atoms with E-state index < -0.39 is 5.91 Å². The molecule has 144 valence electrons. The summed E-state index contributed by atoms with van der Waals surface area (Å²) >= 11 is 4.20. The fraction of sp³-hybridized carbons (Fsp3) is 0.150. The number of nitrogens with one attached hydrogen (secondary N) is 1. The molecule has 2 aromatic carbocycles. The van der Waals surface area contributed by atoms with Gasteiger partial charge in [-0.1, -0.05) is 28.1 Å². The number of hydrogen-bond acceptors (Lipinski definition) is 5. The number of hydrogen-bond donors (Lipinski definition) is 1. The monoisotopic (exact) mass is 460 g/mol. The molecule has 8 heteroatoms. The Morgan fingerprint density at radius 3 is 2.68 bits per heavy atom. The van der Waals surface area contributed by atoms with Gasteiger partial charge in [-0.15, -0.1) is 0 Å². The molecule has 2 aromatic rings. The molecule has 0 radical (unpaired) electrons. The van der Waals surface area contributed by atoms with Crippen LogP contribution in [-0.2, 0) is 9.59 Å². The molecule has 0 spiro atoms. The van der Waals surface area contributed by atoms with Gasteiger partial charge in [0, 0.05) is 23.1 Å². The third kappa shape index (κ3) is 5.02. The van der Waals surface area contributed by atoms with Crippen molar-refractivity contribution >= 4 is 56.5 Å². The molecule has 1 heterocycles. The number of nitrogens with zero attached hydrogens (tertiary/aromatic N) is 1. The molecule has 0 unspecified atom stereocenters. The molecule has 0 aromatic heterocycles. The number of amides is 3. The predicted octanol–water partition coefficient (Wildman–Crippen LogP) is 4.52. The van der Waals surface area contributed by atoms with Crippen LogP contribution >= 0.6 is 27.7 Å². The summed E-state index contributed by atoms with van der Waals surface area (Å²) < 4.78 is 6.07. The van der Waals surface area contributed by atoms with Crippen LogP contribution in [0.2, 0.25) is 0 Å². The summed E-state index contributed by atoms with van der Waals surface area (Å²) in [6.45, 7) is 0.0302. The fourth-order valence-electron chi connectivity index (χ4n) is 2.55. The van der Waals surface area contributed by atoms with E-state index in [1.54, 1.807) is 43.5 Å². The summed E-state index contributed by atoms with van der Waals surface area (Å²) in [5.74, 6) is 0.00463. The lowest BCUT2D eigenvalue weighted by Crippen LogP contribution is -2.31. The Kier molecular flexibility index (Phi) is 6.53. The maximum absolute atomic E-state index is 12.5. The lowest BCUT2D eigenvalue weighted by Gasteiger charge is -2.12. The molecule has 1 N–H and O–H groups in total. The summed E-state index contributed by atoms with van der Waals surface area (Å²) in [6.07, 6.45) is 1.68. The van der Waals surface area contributed by atoms with Gasteiger partial charge in [-0.3, -0.25) is 19.3 Å². The van der Waals surface area contributed by atoms with Crippen LogP contribution in [0.25, 0.3) is 6.08 Å². The smallest absolute Gasteiger partial charge is 0.293 e. The number of thioether (sulfide) groups is 1. The van der Waals surface area contributed by atoms with E-state index in [-0.39, 0.29) is 24.1 Å². The van der Waals surface area contributed by atoms with E-state index >= 15 is 0 Å². The van der Waals surface area contributed by atoms with Crippen molar-refractivity contribution in [3.8, 4) is 5.75 Å². The first-order valence-electron chi connectivity index (χ1n) is 8.41. The molecule has 0 bridgehead atoms. The Morgan fingerprint density at radius 2 is 1.96 bits per heavy atom. The van der Waals surface area contributed by atoms with E-state index in [9.17, 15) is 14.4 Å². The Hall–Kier alpha value is -2.58. The summed E-state index contributed by atoms with van der Waals surface area (Å²) in [7, 11) is 1.56. The van der Waals surface area contributed by atoms with Crippen molar-refractivity contribution < 1.29 is 19.1 Å².